The molecule has 23 heavy (non-hydrogen) atoms. The molecule has 0 bridgehead atoms. The van der Waals surface area contributed by atoms with Crippen LogP contribution in [-0.4, -0.2) is 32.1 Å². The van der Waals surface area contributed by atoms with Gasteiger partial charge in [-0.3, -0.25) is 0 Å². The number of hydrogen-bond acceptors (Lipinski definition) is 2. The first-order chi connectivity index (χ1) is 10.7. The number of unbranched alkanes of at least 4 members (excludes halogenated alkanes) is 1. The lowest BCUT2D eigenvalue weighted by molar-refractivity contribution is 0.289. The van der Waals surface area contributed by atoms with Crippen LogP contribution in [0, 0.1) is 6.92 Å². The van der Waals surface area contributed by atoms with Crippen LogP contribution < -0.4 is 4.74 Å². The van der Waals surface area contributed by atoms with Crippen molar-refractivity contribution in [1.82, 2.24) is 4.90 Å². The average Bonchev–Trinajstić information content (AvgIpc) is 2.50. The average molecular weight is 334 g/mol. The van der Waals surface area contributed by atoms with Crippen molar-refractivity contribution in [3.63, 3.8) is 0 Å². The van der Waals surface area contributed by atoms with Crippen LogP contribution in [0.3, 0.4) is 0 Å². The number of benzene rings is 2. The van der Waals surface area contributed by atoms with E-state index >= 15 is 0 Å². The molecule has 2 nitrogen and oxygen atoms in total. The third-order valence-corrected chi connectivity index (χ3v) is 3.78. The second-order valence-corrected chi connectivity index (χ2v) is 6.08. The molecule has 2 aromatic carbocycles. The van der Waals surface area contributed by atoms with Crippen LogP contribution >= 0.6 is 12.4 Å². The molecule has 0 spiro atoms. The molecule has 126 valence electrons. The molecular weight excluding hydrogens is 306 g/mol. The maximum Gasteiger partial charge on any atom is 0.125 e. The summed E-state index contributed by atoms with van der Waals surface area (Å²) < 4.78 is 6.10. The molecule has 0 unspecified atom stereocenters. The molecule has 0 aliphatic carbocycles. The lowest BCUT2D eigenvalue weighted by Gasteiger charge is -2.15. The first-order valence-electron chi connectivity index (χ1n) is 8.07. The highest BCUT2D eigenvalue weighted by molar-refractivity contribution is 5.85. The van der Waals surface area contributed by atoms with Gasteiger partial charge in [0.15, 0.2) is 0 Å². The molecule has 2 rings (SSSR count). The van der Waals surface area contributed by atoms with E-state index in [9.17, 15) is 0 Å². The summed E-state index contributed by atoms with van der Waals surface area (Å²) in [7, 11) is 4.22. The zero-order chi connectivity index (χ0) is 15.8. The summed E-state index contributed by atoms with van der Waals surface area (Å²) in [5.74, 6) is 1.07. The second-order valence-electron chi connectivity index (χ2n) is 6.08. The minimum absolute atomic E-state index is 0. The smallest absolute Gasteiger partial charge is 0.125 e. The standard InChI is InChI=1S/C20H27NO.ClH/c1-17-10-9-13-19(16-18-11-5-4-6-12-18)20(17)22-15-8-7-14-21(2)3;/h4-6,9-13H,7-8,14-16H2,1-3H3;1H. The van der Waals surface area contributed by atoms with Crippen LogP contribution in [0.15, 0.2) is 48.5 Å². The molecule has 0 saturated carbocycles. The third kappa shape index (κ3) is 6.64. The molecule has 2 aromatic rings. The number of nitrogens with zero attached hydrogens (tertiary/aromatic N) is 1. The van der Waals surface area contributed by atoms with Gasteiger partial charge in [-0.05, 0) is 57.1 Å². The highest BCUT2D eigenvalue weighted by atomic mass is 35.5. The number of aryl methyl sites for hydroxylation is 1. The second kappa shape index (κ2) is 10.3. The Morgan fingerprint density at radius 3 is 2.35 bits per heavy atom. The molecule has 0 amide bonds. The van der Waals surface area contributed by atoms with E-state index in [4.69, 9.17) is 4.74 Å². The number of rotatable bonds is 8. The minimum Gasteiger partial charge on any atom is -0.493 e. The van der Waals surface area contributed by atoms with Crippen LogP contribution in [0.4, 0.5) is 0 Å². The van der Waals surface area contributed by atoms with E-state index in [1.54, 1.807) is 0 Å². The zero-order valence-corrected chi connectivity index (χ0v) is 15.2. The molecule has 0 aromatic heterocycles. The number of para-hydroxylation sites is 1. The fraction of sp³-hybridized carbons (Fsp3) is 0.400. The van der Waals surface area contributed by atoms with Crippen molar-refractivity contribution in [3.05, 3.63) is 65.2 Å². The molecule has 3 heteroatoms. The first-order valence-corrected chi connectivity index (χ1v) is 8.07. The SMILES string of the molecule is Cc1cccc(Cc2ccccc2)c1OCCCCN(C)C.Cl. The predicted octanol–water partition coefficient (Wildman–Crippen LogP) is 4.73. The van der Waals surface area contributed by atoms with Crippen molar-refractivity contribution in [2.45, 2.75) is 26.2 Å². The molecule has 0 N–H and O–H groups in total. The largest absolute Gasteiger partial charge is 0.493 e. The zero-order valence-electron chi connectivity index (χ0n) is 14.4. The monoisotopic (exact) mass is 333 g/mol. The highest BCUT2D eigenvalue weighted by Crippen LogP contribution is 2.26. The number of ether oxygens (including phenoxy) is 1. The third-order valence-electron chi connectivity index (χ3n) is 3.78. The van der Waals surface area contributed by atoms with Gasteiger partial charge in [0.1, 0.15) is 5.75 Å². The molecule has 0 aliphatic heterocycles. The first kappa shape index (κ1) is 19.5. The van der Waals surface area contributed by atoms with Crippen molar-refractivity contribution < 1.29 is 4.74 Å². The quantitative estimate of drug-likeness (QED) is 0.648. The van der Waals surface area contributed by atoms with Gasteiger partial charge >= 0.3 is 0 Å². The Morgan fingerprint density at radius 1 is 0.913 bits per heavy atom. The molecule has 0 fully saturated rings. The molecular formula is C20H28ClNO. The summed E-state index contributed by atoms with van der Waals surface area (Å²) >= 11 is 0. The van der Waals surface area contributed by atoms with E-state index in [0.29, 0.717) is 0 Å². The van der Waals surface area contributed by atoms with Gasteiger partial charge in [0.25, 0.3) is 0 Å². The molecule has 0 aliphatic rings. The summed E-state index contributed by atoms with van der Waals surface area (Å²) in [6, 6.07) is 17.0. The van der Waals surface area contributed by atoms with E-state index in [1.165, 1.54) is 23.1 Å². The van der Waals surface area contributed by atoms with Gasteiger partial charge in [0.05, 0.1) is 6.61 Å². The van der Waals surface area contributed by atoms with Crippen LogP contribution in [0.25, 0.3) is 0 Å². The van der Waals surface area contributed by atoms with Crippen LogP contribution in [0.1, 0.15) is 29.5 Å². The van der Waals surface area contributed by atoms with E-state index in [2.05, 4.69) is 74.4 Å². The Balaban J connectivity index is 0.00000264. The molecule has 0 atom stereocenters. The normalized spacial score (nSPS) is 10.4. The maximum atomic E-state index is 6.10. The summed E-state index contributed by atoms with van der Waals surface area (Å²) in [6.45, 7) is 4.04. The van der Waals surface area contributed by atoms with Crippen molar-refractivity contribution in [2.24, 2.45) is 0 Å². The van der Waals surface area contributed by atoms with E-state index in [0.717, 1.165) is 31.7 Å². The Bertz CT molecular complexity index is 569. The predicted molar refractivity (Wildman–Crippen MR) is 101 cm³/mol. The van der Waals surface area contributed by atoms with E-state index in [1.807, 2.05) is 0 Å². The number of halogens is 1. The van der Waals surface area contributed by atoms with Crippen molar-refractivity contribution >= 4 is 12.4 Å². The van der Waals surface area contributed by atoms with Gasteiger partial charge in [-0.25, -0.2) is 0 Å². The van der Waals surface area contributed by atoms with Crippen molar-refractivity contribution in [1.29, 1.82) is 0 Å². The van der Waals surface area contributed by atoms with Gasteiger partial charge in [-0.1, -0.05) is 48.5 Å². The fourth-order valence-corrected chi connectivity index (χ4v) is 2.58. The van der Waals surface area contributed by atoms with Crippen LogP contribution in [-0.2, 0) is 6.42 Å². The van der Waals surface area contributed by atoms with Gasteiger partial charge in [-0.15, -0.1) is 12.4 Å². The van der Waals surface area contributed by atoms with Gasteiger partial charge in [-0.2, -0.15) is 0 Å². The van der Waals surface area contributed by atoms with Crippen molar-refractivity contribution in [3.8, 4) is 5.75 Å². The maximum absolute atomic E-state index is 6.10. The highest BCUT2D eigenvalue weighted by Gasteiger charge is 2.07. The Labute approximate surface area is 146 Å². The van der Waals surface area contributed by atoms with Crippen LogP contribution in [0.2, 0.25) is 0 Å². The molecule has 0 saturated heterocycles. The lowest BCUT2D eigenvalue weighted by Crippen LogP contribution is -2.14. The Morgan fingerprint density at radius 2 is 1.65 bits per heavy atom. The van der Waals surface area contributed by atoms with E-state index in [-0.39, 0.29) is 12.4 Å². The Kier molecular flexibility index (Phi) is 8.75. The van der Waals surface area contributed by atoms with Gasteiger partial charge in [0.2, 0.25) is 0 Å². The summed E-state index contributed by atoms with van der Waals surface area (Å²) in [5, 5.41) is 0. The summed E-state index contributed by atoms with van der Waals surface area (Å²) in [6.07, 6.45) is 3.19. The topological polar surface area (TPSA) is 12.5 Å². The molecule has 0 heterocycles. The number of hydrogen-bond donors (Lipinski definition) is 0. The minimum atomic E-state index is 0. The molecule has 0 radical (unpaired) electrons. The lowest BCUT2D eigenvalue weighted by atomic mass is 10.0. The van der Waals surface area contributed by atoms with E-state index < -0.39 is 0 Å². The van der Waals surface area contributed by atoms with Crippen LogP contribution in [0.5, 0.6) is 5.75 Å². The van der Waals surface area contributed by atoms with Crippen molar-refractivity contribution in [2.75, 3.05) is 27.2 Å². The Hall–Kier alpha value is -1.51. The summed E-state index contributed by atoms with van der Waals surface area (Å²) in [4.78, 5) is 2.22. The van der Waals surface area contributed by atoms with Gasteiger partial charge < -0.3 is 9.64 Å². The fourth-order valence-electron chi connectivity index (χ4n) is 2.58. The summed E-state index contributed by atoms with van der Waals surface area (Å²) in [5.41, 5.74) is 3.82. The van der Waals surface area contributed by atoms with Gasteiger partial charge in [0, 0.05) is 6.42 Å².